The average molecular weight is 369 g/mol. The van der Waals surface area contributed by atoms with Crippen LogP contribution in [0.4, 0.5) is 0 Å². The number of nitrogens with zero attached hydrogens (tertiary/aromatic N) is 1. The Morgan fingerprint density at radius 3 is 2.92 bits per heavy atom. The summed E-state index contributed by atoms with van der Waals surface area (Å²) < 4.78 is 9.96. The van der Waals surface area contributed by atoms with Crippen LogP contribution in [0, 0.1) is 0 Å². The van der Waals surface area contributed by atoms with Gasteiger partial charge in [-0.1, -0.05) is 23.7 Å². The second-order valence-electron chi connectivity index (χ2n) is 4.88. The fourth-order valence-electron chi connectivity index (χ4n) is 1.82. The number of hydrogen-bond donors (Lipinski definition) is 1. The van der Waals surface area contributed by atoms with Crippen LogP contribution in [-0.4, -0.2) is 43.2 Å². The molecule has 6 nitrogen and oxygen atoms in total. The molecule has 1 atom stereocenters. The van der Waals surface area contributed by atoms with Gasteiger partial charge in [-0.2, -0.15) is 0 Å². The normalized spacial score (nSPS) is 11.8. The fourth-order valence-corrected chi connectivity index (χ4v) is 2.79. The number of carbonyl (C=O) groups excluding carboxylic acids is 2. The van der Waals surface area contributed by atoms with Crippen LogP contribution in [0.2, 0.25) is 5.02 Å². The molecule has 0 saturated heterocycles. The molecule has 0 bridgehead atoms. The number of ether oxygens (including phenoxy) is 2. The number of rotatable bonds is 7. The van der Waals surface area contributed by atoms with Gasteiger partial charge in [0.1, 0.15) is 5.01 Å². The number of thiazole rings is 1. The lowest BCUT2D eigenvalue weighted by Crippen LogP contribution is -2.37. The predicted molar refractivity (Wildman–Crippen MR) is 92.3 cm³/mol. The summed E-state index contributed by atoms with van der Waals surface area (Å²) in [4.78, 5) is 28.1. The summed E-state index contributed by atoms with van der Waals surface area (Å²) >= 11 is 7.26. The molecule has 0 radical (unpaired) electrons. The van der Waals surface area contributed by atoms with E-state index in [0.717, 1.165) is 5.56 Å². The maximum absolute atomic E-state index is 12.1. The number of benzene rings is 1. The van der Waals surface area contributed by atoms with Gasteiger partial charge in [-0.05, 0) is 19.1 Å². The van der Waals surface area contributed by atoms with Crippen LogP contribution >= 0.6 is 22.9 Å². The zero-order valence-electron chi connectivity index (χ0n) is 13.2. The van der Waals surface area contributed by atoms with Crippen molar-refractivity contribution in [3.05, 3.63) is 40.4 Å². The summed E-state index contributed by atoms with van der Waals surface area (Å²) in [6.45, 7) is 2.25. The Bertz CT molecular complexity index is 720. The lowest BCUT2D eigenvalue weighted by molar-refractivity contribution is -0.129. The molecule has 0 spiro atoms. The fraction of sp³-hybridized carbons (Fsp3) is 0.312. The number of nitrogens with one attached hydrogen (secondary N) is 1. The van der Waals surface area contributed by atoms with E-state index in [1.807, 2.05) is 12.1 Å². The standard InChI is InChI=1S/C16H17ClN2O4S/c1-10(14(20)18-6-7-22-2)23-16(21)13-9-24-15(19-13)11-4-3-5-12(17)8-11/h3-5,8-10H,6-7H2,1-2H3,(H,18,20)/t10-/m1/s1. The number of methoxy groups -OCH3 is 1. The van der Waals surface area contributed by atoms with E-state index < -0.39 is 12.1 Å². The van der Waals surface area contributed by atoms with Crippen LogP contribution < -0.4 is 5.32 Å². The van der Waals surface area contributed by atoms with Gasteiger partial charge >= 0.3 is 5.97 Å². The van der Waals surface area contributed by atoms with Crippen LogP contribution in [-0.2, 0) is 14.3 Å². The first-order valence-electron chi connectivity index (χ1n) is 7.20. The molecule has 1 aromatic carbocycles. The molecule has 128 valence electrons. The van der Waals surface area contributed by atoms with Gasteiger partial charge in [-0.25, -0.2) is 9.78 Å². The van der Waals surface area contributed by atoms with Gasteiger partial charge in [-0.15, -0.1) is 11.3 Å². The Labute approximate surface area is 148 Å². The number of amides is 1. The minimum absolute atomic E-state index is 0.159. The van der Waals surface area contributed by atoms with E-state index in [9.17, 15) is 9.59 Å². The van der Waals surface area contributed by atoms with E-state index in [1.54, 1.807) is 17.5 Å². The smallest absolute Gasteiger partial charge is 0.358 e. The van der Waals surface area contributed by atoms with E-state index >= 15 is 0 Å². The van der Waals surface area contributed by atoms with Gasteiger partial charge in [0.15, 0.2) is 11.8 Å². The lowest BCUT2D eigenvalue weighted by Gasteiger charge is -2.12. The molecule has 1 heterocycles. The largest absolute Gasteiger partial charge is 0.448 e. The highest BCUT2D eigenvalue weighted by Crippen LogP contribution is 2.26. The third kappa shape index (κ3) is 5.02. The van der Waals surface area contributed by atoms with Crippen molar-refractivity contribution in [2.45, 2.75) is 13.0 Å². The molecule has 0 aliphatic carbocycles. The van der Waals surface area contributed by atoms with Gasteiger partial charge in [0.2, 0.25) is 0 Å². The molecule has 1 aromatic heterocycles. The molecule has 0 aliphatic heterocycles. The molecule has 0 unspecified atom stereocenters. The Balaban J connectivity index is 1.97. The Morgan fingerprint density at radius 1 is 1.42 bits per heavy atom. The Hall–Kier alpha value is -1.96. The second-order valence-corrected chi connectivity index (χ2v) is 6.17. The van der Waals surface area contributed by atoms with Crippen molar-refractivity contribution in [3.63, 3.8) is 0 Å². The van der Waals surface area contributed by atoms with Crippen LogP contribution in [0.5, 0.6) is 0 Å². The van der Waals surface area contributed by atoms with E-state index in [2.05, 4.69) is 10.3 Å². The van der Waals surface area contributed by atoms with E-state index in [4.69, 9.17) is 21.1 Å². The van der Waals surface area contributed by atoms with Gasteiger partial charge in [0.05, 0.1) is 6.61 Å². The molecule has 24 heavy (non-hydrogen) atoms. The van der Waals surface area contributed by atoms with Crippen molar-refractivity contribution in [1.29, 1.82) is 0 Å². The minimum atomic E-state index is -0.911. The molecule has 0 fully saturated rings. The third-order valence-electron chi connectivity index (χ3n) is 3.04. The molecule has 1 N–H and O–H groups in total. The molecule has 0 saturated carbocycles. The summed E-state index contributed by atoms with van der Waals surface area (Å²) in [5.74, 6) is -1.03. The number of halogens is 1. The zero-order valence-corrected chi connectivity index (χ0v) is 14.8. The summed E-state index contributed by atoms with van der Waals surface area (Å²) in [6.07, 6.45) is -0.911. The average Bonchev–Trinajstić information content (AvgIpc) is 3.05. The van der Waals surface area contributed by atoms with Crippen molar-refractivity contribution in [2.75, 3.05) is 20.3 Å². The van der Waals surface area contributed by atoms with E-state index in [1.165, 1.54) is 25.4 Å². The molecule has 8 heteroatoms. The Morgan fingerprint density at radius 2 is 2.21 bits per heavy atom. The summed E-state index contributed by atoms with van der Waals surface area (Å²) in [5.41, 5.74) is 0.975. The van der Waals surface area contributed by atoms with Crippen LogP contribution in [0.25, 0.3) is 10.6 Å². The van der Waals surface area contributed by atoms with Crippen LogP contribution in [0.15, 0.2) is 29.6 Å². The van der Waals surface area contributed by atoms with Gasteiger partial charge in [-0.3, -0.25) is 4.79 Å². The van der Waals surface area contributed by atoms with Crippen molar-refractivity contribution < 1.29 is 19.1 Å². The molecular formula is C16H17ClN2O4S. The highest BCUT2D eigenvalue weighted by atomic mass is 35.5. The molecule has 1 amide bonds. The van der Waals surface area contributed by atoms with Crippen molar-refractivity contribution in [2.24, 2.45) is 0 Å². The van der Waals surface area contributed by atoms with Gasteiger partial charge < -0.3 is 14.8 Å². The minimum Gasteiger partial charge on any atom is -0.448 e. The first-order valence-corrected chi connectivity index (χ1v) is 8.46. The number of carbonyl (C=O) groups is 2. The summed E-state index contributed by atoms with van der Waals surface area (Å²) in [5, 5.41) is 5.44. The lowest BCUT2D eigenvalue weighted by atomic mass is 10.2. The first kappa shape index (κ1) is 18.4. The summed E-state index contributed by atoms with van der Waals surface area (Å²) in [6, 6.07) is 7.19. The van der Waals surface area contributed by atoms with Gasteiger partial charge in [0.25, 0.3) is 5.91 Å². The maximum atomic E-state index is 12.1. The Kier molecular flexibility index (Phi) is 6.72. The topological polar surface area (TPSA) is 77.5 Å². The molecular weight excluding hydrogens is 352 g/mol. The number of hydrogen-bond acceptors (Lipinski definition) is 6. The van der Waals surface area contributed by atoms with Gasteiger partial charge in [0, 0.05) is 29.6 Å². The number of aromatic nitrogens is 1. The van der Waals surface area contributed by atoms with Crippen molar-refractivity contribution in [1.82, 2.24) is 10.3 Å². The van der Waals surface area contributed by atoms with Crippen molar-refractivity contribution in [3.8, 4) is 10.6 Å². The SMILES string of the molecule is COCCNC(=O)[C@@H](C)OC(=O)c1csc(-c2cccc(Cl)c2)n1. The maximum Gasteiger partial charge on any atom is 0.358 e. The van der Waals surface area contributed by atoms with E-state index in [-0.39, 0.29) is 11.6 Å². The number of esters is 1. The quantitative estimate of drug-likeness (QED) is 0.600. The summed E-state index contributed by atoms with van der Waals surface area (Å²) in [7, 11) is 1.54. The van der Waals surface area contributed by atoms with Crippen LogP contribution in [0.1, 0.15) is 17.4 Å². The van der Waals surface area contributed by atoms with E-state index in [0.29, 0.717) is 23.2 Å². The second kappa shape index (κ2) is 8.77. The molecule has 0 aliphatic rings. The third-order valence-corrected chi connectivity index (χ3v) is 4.17. The highest BCUT2D eigenvalue weighted by Gasteiger charge is 2.20. The predicted octanol–water partition coefficient (Wildman–Crippen LogP) is 2.77. The monoisotopic (exact) mass is 368 g/mol. The molecule has 2 aromatic rings. The first-order chi connectivity index (χ1) is 11.5. The molecule has 2 rings (SSSR count). The van der Waals surface area contributed by atoms with Crippen molar-refractivity contribution >= 4 is 34.8 Å². The zero-order chi connectivity index (χ0) is 17.5. The van der Waals surface area contributed by atoms with Crippen LogP contribution in [0.3, 0.4) is 0 Å². The highest BCUT2D eigenvalue weighted by molar-refractivity contribution is 7.13.